The summed E-state index contributed by atoms with van der Waals surface area (Å²) < 4.78 is 26.1. The molecule has 2 N–H and O–H groups in total. The molecule has 11 heteroatoms. The number of anilines is 1. The molecule has 0 saturated heterocycles. The molecule has 38 heavy (non-hydrogen) atoms. The minimum atomic E-state index is -1.28. The normalized spacial score (nSPS) is 12.0. The van der Waals surface area contributed by atoms with Crippen LogP contribution in [0.4, 0.5) is 10.1 Å². The third-order valence-corrected chi connectivity index (χ3v) is 6.25. The van der Waals surface area contributed by atoms with Crippen LogP contribution in [0.3, 0.4) is 0 Å². The van der Waals surface area contributed by atoms with Crippen LogP contribution in [0.15, 0.2) is 62.3 Å². The van der Waals surface area contributed by atoms with E-state index in [-0.39, 0.29) is 32.9 Å². The summed E-state index contributed by atoms with van der Waals surface area (Å²) in [6.45, 7) is 5.02. The average Bonchev–Trinajstić information content (AvgIpc) is 3.33. The summed E-state index contributed by atoms with van der Waals surface area (Å²) in [5, 5.41) is 16.4. The van der Waals surface area contributed by atoms with Crippen LogP contribution < -0.4 is 10.7 Å². The van der Waals surface area contributed by atoms with Crippen molar-refractivity contribution in [3.05, 3.63) is 92.4 Å². The second-order valence-corrected chi connectivity index (χ2v) is 9.07. The molecule has 0 unspecified atom stereocenters. The second-order valence-electron chi connectivity index (χ2n) is 8.68. The molecule has 192 valence electrons. The third kappa shape index (κ3) is 4.61. The molecular formula is C27H20ClFN4O5. The lowest BCUT2D eigenvalue weighted by molar-refractivity contribution is 0.0691. The van der Waals surface area contributed by atoms with Crippen LogP contribution in [0.25, 0.3) is 33.7 Å². The van der Waals surface area contributed by atoms with Crippen molar-refractivity contribution in [1.29, 1.82) is 0 Å². The van der Waals surface area contributed by atoms with Crippen molar-refractivity contribution in [2.24, 2.45) is 0 Å². The Hall–Kier alpha value is -4.57. The van der Waals surface area contributed by atoms with E-state index in [9.17, 15) is 19.1 Å². The Kier molecular flexibility index (Phi) is 6.41. The highest BCUT2D eigenvalue weighted by Gasteiger charge is 2.22. The number of halogens is 2. The van der Waals surface area contributed by atoms with Gasteiger partial charge in [0.25, 0.3) is 5.89 Å². The van der Waals surface area contributed by atoms with Gasteiger partial charge in [-0.3, -0.25) is 4.79 Å². The molecule has 5 rings (SSSR count). The number of nitrogens with one attached hydrogen (secondary N) is 1. The zero-order valence-electron chi connectivity index (χ0n) is 20.4. The molecule has 9 nitrogen and oxygen atoms in total. The van der Waals surface area contributed by atoms with E-state index in [0.717, 1.165) is 6.07 Å². The summed E-state index contributed by atoms with van der Waals surface area (Å²) in [5.74, 6) is -0.730. The van der Waals surface area contributed by atoms with Gasteiger partial charge in [-0.2, -0.15) is 4.98 Å². The maximum absolute atomic E-state index is 14.6. The van der Waals surface area contributed by atoms with Crippen molar-refractivity contribution < 1.29 is 23.2 Å². The first-order valence-electron chi connectivity index (χ1n) is 11.5. The van der Waals surface area contributed by atoms with E-state index < -0.39 is 17.8 Å². The Balaban J connectivity index is 1.60. The number of hydrogen-bond acceptors (Lipinski definition) is 8. The molecular weight excluding hydrogens is 515 g/mol. The van der Waals surface area contributed by atoms with Gasteiger partial charge in [-0.15, -0.1) is 0 Å². The van der Waals surface area contributed by atoms with Crippen LogP contribution in [0.1, 0.15) is 40.4 Å². The number of benzene rings is 2. The molecule has 1 atom stereocenters. The summed E-state index contributed by atoms with van der Waals surface area (Å²) >= 11 is 5.85. The van der Waals surface area contributed by atoms with Gasteiger partial charge in [0.05, 0.1) is 17.1 Å². The number of aromatic carboxylic acids is 1. The topological polar surface area (TPSA) is 131 Å². The summed E-state index contributed by atoms with van der Waals surface area (Å²) in [7, 11) is 0. The number of aryl methyl sites for hydroxylation is 1. The summed E-state index contributed by atoms with van der Waals surface area (Å²) in [6.07, 6.45) is 0. The van der Waals surface area contributed by atoms with Gasteiger partial charge in [0.2, 0.25) is 0 Å². The van der Waals surface area contributed by atoms with E-state index in [1.165, 1.54) is 18.2 Å². The fourth-order valence-corrected chi connectivity index (χ4v) is 4.33. The SMILES string of the molecule is Cc1noc(-c2ccc(-c3oc4c([C@@H](C)Nc5ccc(Cl)nc5C(=O)O)cc(F)cc4c(=O)c3C)cc2)n1. The predicted molar refractivity (Wildman–Crippen MR) is 139 cm³/mol. The molecule has 2 aromatic carbocycles. The molecule has 5 aromatic rings. The molecule has 0 amide bonds. The number of hydrogen-bond donors (Lipinski definition) is 2. The van der Waals surface area contributed by atoms with E-state index in [4.69, 9.17) is 20.5 Å². The molecule has 0 radical (unpaired) electrons. The number of nitrogens with zero attached hydrogens (tertiary/aromatic N) is 3. The summed E-state index contributed by atoms with van der Waals surface area (Å²) in [6, 6.07) is 11.7. The summed E-state index contributed by atoms with van der Waals surface area (Å²) in [5.41, 5.74) is 1.62. The van der Waals surface area contributed by atoms with Crippen molar-refractivity contribution in [2.75, 3.05) is 5.32 Å². The quantitative estimate of drug-likeness (QED) is 0.245. The van der Waals surface area contributed by atoms with Crippen LogP contribution in [0, 0.1) is 19.7 Å². The largest absolute Gasteiger partial charge is 0.476 e. The molecule has 0 bridgehead atoms. The number of pyridine rings is 1. The number of carbonyl (C=O) groups is 1. The Labute approximate surface area is 219 Å². The fourth-order valence-electron chi connectivity index (χ4n) is 4.18. The van der Waals surface area contributed by atoms with Crippen LogP contribution in [-0.2, 0) is 0 Å². The minimum absolute atomic E-state index is 0.0168. The maximum Gasteiger partial charge on any atom is 0.356 e. The fraction of sp³-hybridized carbons (Fsp3) is 0.148. The molecule has 0 saturated carbocycles. The molecule has 3 heterocycles. The van der Waals surface area contributed by atoms with Crippen molar-refractivity contribution in [1.82, 2.24) is 15.1 Å². The molecule has 0 fully saturated rings. The Bertz CT molecular complexity index is 1760. The molecule has 0 aliphatic heterocycles. The average molecular weight is 535 g/mol. The van der Waals surface area contributed by atoms with Crippen LogP contribution in [0.2, 0.25) is 5.15 Å². The van der Waals surface area contributed by atoms with E-state index in [0.29, 0.717) is 39.7 Å². The second kappa shape index (κ2) is 9.71. The first-order valence-corrected chi connectivity index (χ1v) is 11.8. The smallest absolute Gasteiger partial charge is 0.356 e. The first kappa shape index (κ1) is 25.1. The van der Waals surface area contributed by atoms with Gasteiger partial charge in [0, 0.05) is 22.3 Å². The third-order valence-electron chi connectivity index (χ3n) is 6.04. The van der Waals surface area contributed by atoms with Crippen molar-refractivity contribution >= 4 is 34.2 Å². The number of carboxylic acid groups (broad SMARTS) is 1. The number of rotatable bonds is 6. The van der Waals surface area contributed by atoms with Crippen LogP contribution >= 0.6 is 11.6 Å². The highest BCUT2D eigenvalue weighted by Crippen LogP contribution is 2.33. The first-order chi connectivity index (χ1) is 18.1. The lowest BCUT2D eigenvalue weighted by Crippen LogP contribution is -2.14. The molecule has 0 spiro atoms. The van der Waals surface area contributed by atoms with Gasteiger partial charge in [-0.05, 0) is 57.2 Å². The van der Waals surface area contributed by atoms with Gasteiger partial charge in [0.1, 0.15) is 22.3 Å². The van der Waals surface area contributed by atoms with E-state index in [2.05, 4.69) is 20.4 Å². The lowest BCUT2D eigenvalue weighted by Gasteiger charge is -2.19. The molecule has 3 aromatic heterocycles. The highest BCUT2D eigenvalue weighted by atomic mass is 35.5. The lowest BCUT2D eigenvalue weighted by atomic mass is 10.00. The van der Waals surface area contributed by atoms with E-state index >= 15 is 0 Å². The molecule has 0 aliphatic carbocycles. The zero-order valence-corrected chi connectivity index (χ0v) is 21.1. The van der Waals surface area contributed by atoms with Gasteiger partial charge < -0.3 is 19.4 Å². The Morgan fingerprint density at radius 1 is 1.08 bits per heavy atom. The van der Waals surface area contributed by atoms with Gasteiger partial charge >= 0.3 is 5.97 Å². The zero-order chi connectivity index (χ0) is 27.1. The van der Waals surface area contributed by atoms with Gasteiger partial charge in [-0.1, -0.05) is 28.9 Å². The standard InChI is InChI=1S/C27H20ClFN4O5/c1-12-23(34)19-11-17(29)10-18(13(2)30-20-8-9-21(28)32-22(20)27(35)36)25(19)37-24(12)15-4-6-16(7-5-15)26-31-14(3)33-38-26/h4-11,13,30H,1-3H3,(H,35,36)/t13-/m1/s1. The Morgan fingerprint density at radius 2 is 1.79 bits per heavy atom. The monoisotopic (exact) mass is 534 g/mol. The predicted octanol–water partition coefficient (Wildman–Crippen LogP) is 6.19. The molecule has 0 aliphatic rings. The van der Waals surface area contributed by atoms with Gasteiger partial charge in [0.15, 0.2) is 16.9 Å². The van der Waals surface area contributed by atoms with Crippen molar-refractivity contribution in [2.45, 2.75) is 26.8 Å². The summed E-state index contributed by atoms with van der Waals surface area (Å²) in [4.78, 5) is 33.0. The van der Waals surface area contributed by atoms with Crippen molar-refractivity contribution in [3.8, 4) is 22.8 Å². The number of fused-ring (bicyclic) bond motifs is 1. The number of carboxylic acids is 1. The maximum atomic E-state index is 14.6. The van der Waals surface area contributed by atoms with E-state index in [1.807, 2.05) is 0 Å². The highest BCUT2D eigenvalue weighted by molar-refractivity contribution is 6.29. The minimum Gasteiger partial charge on any atom is -0.476 e. The van der Waals surface area contributed by atoms with Crippen molar-refractivity contribution in [3.63, 3.8) is 0 Å². The number of aromatic nitrogens is 3. The van der Waals surface area contributed by atoms with Gasteiger partial charge in [-0.25, -0.2) is 14.2 Å². The van der Waals surface area contributed by atoms with Crippen LogP contribution in [-0.4, -0.2) is 26.2 Å². The Morgan fingerprint density at radius 3 is 2.45 bits per heavy atom. The van der Waals surface area contributed by atoms with E-state index in [1.54, 1.807) is 45.0 Å². The van der Waals surface area contributed by atoms with Crippen LogP contribution in [0.5, 0.6) is 0 Å².